The molecule has 1 N–H and O–H groups in total. The van der Waals surface area contributed by atoms with E-state index in [0.29, 0.717) is 12.1 Å². The minimum absolute atomic E-state index is 0.478. The van der Waals surface area contributed by atoms with E-state index in [9.17, 15) is 0 Å². The van der Waals surface area contributed by atoms with Crippen molar-refractivity contribution in [3.8, 4) is 0 Å². The lowest BCUT2D eigenvalue weighted by molar-refractivity contribution is 0.586. The van der Waals surface area contributed by atoms with Crippen LogP contribution in [-0.2, 0) is 6.54 Å². The highest BCUT2D eigenvalue weighted by Crippen LogP contribution is 2.26. The smallest absolute Gasteiger partial charge is 0.0415 e. The van der Waals surface area contributed by atoms with Crippen LogP contribution in [0, 0.1) is 0 Å². The van der Waals surface area contributed by atoms with E-state index in [0.717, 1.165) is 18.1 Å². The molecule has 0 amide bonds. The van der Waals surface area contributed by atoms with Crippen LogP contribution in [-0.4, -0.2) is 18.6 Å². The summed E-state index contributed by atoms with van der Waals surface area (Å²) in [7, 11) is 0. The van der Waals surface area contributed by atoms with Gasteiger partial charge in [-0.05, 0) is 44.5 Å². The number of rotatable bonds is 6. The molecule has 1 rings (SSSR count). The Hall–Kier alpha value is -0.730. The topological polar surface area (TPSA) is 15.3 Å². The lowest BCUT2D eigenvalue weighted by Crippen LogP contribution is -2.32. The summed E-state index contributed by atoms with van der Waals surface area (Å²) in [5.41, 5.74) is 2.55. The van der Waals surface area contributed by atoms with Gasteiger partial charge in [-0.3, -0.25) is 0 Å². The Kier molecular flexibility index (Phi) is 5.97. The van der Waals surface area contributed by atoms with E-state index in [1.165, 1.54) is 11.3 Å². The molecular weight excluding hydrogens is 244 g/mol. The molecule has 1 aromatic rings. The number of anilines is 1. The fraction of sp³-hybridized carbons (Fsp3) is 0.600. The normalized spacial score (nSPS) is 11.3. The Morgan fingerprint density at radius 2 is 1.89 bits per heavy atom. The predicted molar refractivity (Wildman–Crippen MR) is 81.6 cm³/mol. The second-order valence-corrected chi connectivity index (χ2v) is 5.62. The van der Waals surface area contributed by atoms with Gasteiger partial charge in [0, 0.05) is 35.9 Å². The highest BCUT2D eigenvalue weighted by Gasteiger charge is 2.13. The summed E-state index contributed by atoms with van der Waals surface area (Å²) in [6, 6.07) is 7.14. The van der Waals surface area contributed by atoms with Gasteiger partial charge in [-0.15, -0.1) is 0 Å². The first-order chi connectivity index (χ1) is 8.45. The number of benzene rings is 1. The zero-order chi connectivity index (χ0) is 13.7. The molecule has 0 radical (unpaired) electrons. The summed E-state index contributed by atoms with van der Waals surface area (Å²) in [4.78, 5) is 2.40. The van der Waals surface area contributed by atoms with Gasteiger partial charge >= 0.3 is 0 Å². The molecule has 102 valence electrons. The van der Waals surface area contributed by atoms with Gasteiger partial charge in [0.25, 0.3) is 0 Å². The van der Waals surface area contributed by atoms with Gasteiger partial charge < -0.3 is 10.2 Å². The predicted octanol–water partition coefficient (Wildman–Crippen LogP) is 4.07. The lowest BCUT2D eigenvalue weighted by atomic mass is 10.1. The van der Waals surface area contributed by atoms with Crippen molar-refractivity contribution in [2.24, 2.45) is 0 Å². The average molecular weight is 269 g/mol. The molecule has 0 saturated heterocycles. The van der Waals surface area contributed by atoms with E-state index in [1.807, 2.05) is 6.07 Å². The van der Waals surface area contributed by atoms with Crippen LogP contribution in [0.15, 0.2) is 18.2 Å². The van der Waals surface area contributed by atoms with E-state index in [2.05, 4.69) is 57.0 Å². The van der Waals surface area contributed by atoms with Crippen molar-refractivity contribution < 1.29 is 0 Å². The summed E-state index contributed by atoms with van der Waals surface area (Å²) >= 11 is 6.11. The highest BCUT2D eigenvalue weighted by atomic mass is 35.5. The minimum Gasteiger partial charge on any atom is -0.369 e. The highest BCUT2D eigenvalue weighted by molar-refractivity contribution is 6.30. The molecule has 0 heterocycles. The Morgan fingerprint density at radius 3 is 2.39 bits per heavy atom. The SMILES string of the molecule is CCN(c1ccc(Cl)cc1CNC(C)C)C(C)C. The molecule has 0 spiro atoms. The zero-order valence-corrected chi connectivity index (χ0v) is 12.9. The molecule has 0 unspecified atom stereocenters. The van der Waals surface area contributed by atoms with Gasteiger partial charge in [0.15, 0.2) is 0 Å². The number of nitrogens with zero attached hydrogens (tertiary/aromatic N) is 1. The van der Waals surface area contributed by atoms with Gasteiger partial charge in [-0.25, -0.2) is 0 Å². The van der Waals surface area contributed by atoms with Crippen LogP contribution < -0.4 is 10.2 Å². The van der Waals surface area contributed by atoms with Gasteiger partial charge in [0.2, 0.25) is 0 Å². The Balaban J connectivity index is 3.01. The molecule has 3 heteroatoms. The van der Waals surface area contributed by atoms with E-state index in [4.69, 9.17) is 11.6 Å². The van der Waals surface area contributed by atoms with E-state index in [1.54, 1.807) is 0 Å². The Labute approximate surface area is 116 Å². The van der Waals surface area contributed by atoms with Crippen LogP contribution in [0.3, 0.4) is 0 Å². The largest absolute Gasteiger partial charge is 0.369 e. The van der Waals surface area contributed by atoms with Gasteiger partial charge in [-0.1, -0.05) is 25.4 Å². The van der Waals surface area contributed by atoms with Crippen molar-refractivity contribution in [1.29, 1.82) is 0 Å². The summed E-state index contributed by atoms with van der Waals surface area (Å²) in [6.45, 7) is 12.8. The van der Waals surface area contributed by atoms with Crippen LogP contribution in [0.5, 0.6) is 0 Å². The quantitative estimate of drug-likeness (QED) is 0.837. The molecule has 1 aromatic carbocycles. The summed E-state index contributed by atoms with van der Waals surface area (Å²) in [5.74, 6) is 0. The van der Waals surface area contributed by atoms with Gasteiger partial charge in [-0.2, -0.15) is 0 Å². The van der Waals surface area contributed by atoms with Crippen LogP contribution in [0.25, 0.3) is 0 Å². The number of hydrogen-bond acceptors (Lipinski definition) is 2. The third-order valence-corrected chi connectivity index (χ3v) is 3.25. The maximum absolute atomic E-state index is 6.11. The van der Waals surface area contributed by atoms with Crippen LogP contribution >= 0.6 is 11.6 Å². The standard InChI is InChI=1S/C15H25ClN2/c1-6-18(12(4)5)15-8-7-14(16)9-13(15)10-17-11(2)3/h7-9,11-12,17H,6,10H2,1-5H3. The Bertz CT molecular complexity index is 375. The molecular formula is C15H25ClN2. The Morgan fingerprint density at radius 1 is 1.22 bits per heavy atom. The van der Waals surface area contributed by atoms with Crippen molar-refractivity contribution in [2.45, 2.75) is 53.2 Å². The molecule has 0 fully saturated rings. The zero-order valence-electron chi connectivity index (χ0n) is 12.1. The monoisotopic (exact) mass is 268 g/mol. The third kappa shape index (κ3) is 4.18. The lowest BCUT2D eigenvalue weighted by Gasteiger charge is -2.30. The molecule has 18 heavy (non-hydrogen) atoms. The third-order valence-electron chi connectivity index (χ3n) is 3.02. The van der Waals surface area contributed by atoms with Crippen molar-refractivity contribution in [3.05, 3.63) is 28.8 Å². The van der Waals surface area contributed by atoms with Crippen molar-refractivity contribution >= 4 is 17.3 Å². The first-order valence-corrected chi connectivity index (χ1v) is 7.12. The van der Waals surface area contributed by atoms with E-state index >= 15 is 0 Å². The minimum atomic E-state index is 0.478. The van der Waals surface area contributed by atoms with Gasteiger partial charge in [0.1, 0.15) is 0 Å². The van der Waals surface area contributed by atoms with E-state index < -0.39 is 0 Å². The summed E-state index contributed by atoms with van der Waals surface area (Å²) in [6.07, 6.45) is 0. The number of hydrogen-bond donors (Lipinski definition) is 1. The molecule has 0 aromatic heterocycles. The maximum Gasteiger partial charge on any atom is 0.0415 e. The van der Waals surface area contributed by atoms with Gasteiger partial charge in [0.05, 0.1) is 0 Å². The second-order valence-electron chi connectivity index (χ2n) is 5.19. The fourth-order valence-corrected chi connectivity index (χ4v) is 2.30. The molecule has 0 bridgehead atoms. The van der Waals surface area contributed by atoms with Crippen LogP contribution in [0.2, 0.25) is 5.02 Å². The number of halogens is 1. The first-order valence-electron chi connectivity index (χ1n) is 6.74. The van der Waals surface area contributed by atoms with E-state index in [-0.39, 0.29) is 0 Å². The molecule has 2 nitrogen and oxygen atoms in total. The summed E-state index contributed by atoms with van der Waals surface area (Å²) < 4.78 is 0. The molecule has 0 aliphatic rings. The molecule has 0 aliphatic carbocycles. The van der Waals surface area contributed by atoms with Crippen LogP contribution in [0.1, 0.15) is 40.2 Å². The molecule has 0 atom stereocenters. The molecule has 0 aliphatic heterocycles. The second kappa shape index (κ2) is 7.01. The maximum atomic E-state index is 6.11. The molecule has 0 saturated carbocycles. The number of nitrogens with one attached hydrogen (secondary N) is 1. The summed E-state index contributed by atoms with van der Waals surface area (Å²) in [5, 5.41) is 4.27. The van der Waals surface area contributed by atoms with Crippen LogP contribution in [0.4, 0.5) is 5.69 Å². The fourth-order valence-electron chi connectivity index (χ4n) is 2.10. The van der Waals surface area contributed by atoms with Crippen molar-refractivity contribution in [3.63, 3.8) is 0 Å². The average Bonchev–Trinajstić information content (AvgIpc) is 2.29. The van der Waals surface area contributed by atoms with Crippen molar-refractivity contribution in [2.75, 3.05) is 11.4 Å². The first kappa shape index (κ1) is 15.3. The van der Waals surface area contributed by atoms with Crippen molar-refractivity contribution in [1.82, 2.24) is 5.32 Å².